The first-order chi connectivity index (χ1) is 12.4. The lowest BCUT2D eigenvalue weighted by atomic mass is 9.89. The number of unbranched alkanes of at least 4 members (excludes halogenated alkanes) is 10. The zero-order valence-electron chi connectivity index (χ0n) is 16.6. The van der Waals surface area contributed by atoms with Gasteiger partial charge in [0.2, 0.25) is 0 Å². The molecule has 5 nitrogen and oxygen atoms in total. The lowest BCUT2D eigenvalue weighted by Gasteiger charge is -2.15. The van der Waals surface area contributed by atoms with Crippen LogP contribution in [-0.2, 0) is 14.3 Å². The summed E-state index contributed by atoms with van der Waals surface area (Å²) in [6, 6.07) is 0. The van der Waals surface area contributed by atoms with E-state index in [0.717, 1.165) is 25.7 Å². The van der Waals surface area contributed by atoms with E-state index in [-0.39, 0.29) is 12.1 Å². The van der Waals surface area contributed by atoms with Gasteiger partial charge in [0, 0.05) is 0 Å². The van der Waals surface area contributed by atoms with Crippen LogP contribution in [0, 0.1) is 11.8 Å². The lowest BCUT2D eigenvalue weighted by Crippen LogP contribution is -2.27. The van der Waals surface area contributed by atoms with Crippen molar-refractivity contribution in [2.75, 3.05) is 0 Å². The summed E-state index contributed by atoms with van der Waals surface area (Å²) in [5.41, 5.74) is 0. The van der Waals surface area contributed by atoms with Crippen molar-refractivity contribution in [3.05, 3.63) is 0 Å². The number of esters is 1. The Hall–Kier alpha value is -1.10. The highest BCUT2D eigenvalue weighted by atomic mass is 16.6. The van der Waals surface area contributed by atoms with Crippen molar-refractivity contribution in [2.24, 2.45) is 11.8 Å². The van der Waals surface area contributed by atoms with Crippen LogP contribution in [0.2, 0.25) is 0 Å². The predicted molar refractivity (Wildman–Crippen MR) is 102 cm³/mol. The van der Waals surface area contributed by atoms with E-state index in [1.165, 1.54) is 51.4 Å². The van der Waals surface area contributed by atoms with Crippen LogP contribution in [0.5, 0.6) is 0 Å². The molecule has 1 rings (SSSR count). The second-order valence-corrected chi connectivity index (χ2v) is 7.94. The molecule has 0 radical (unpaired) electrons. The number of carboxylic acids is 1. The van der Waals surface area contributed by atoms with Gasteiger partial charge in [0.15, 0.2) is 0 Å². The Balaban J connectivity index is 1.92. The number of ether oxygens (including phenoxy) is 1. The van der Waals surface area contributed by atoms with Crippen molar-refractivity contribution < 1.29 is 24.5 Å². The average Bonchev–Trinajstić information content (AvgIpc) is 2.86. The van der Waals surface area contributed by atoms with E-state index in [1.807, 2.05) is 6.92 Å². The number of carboxylic acid groups (broad SMARTS) is 1. The number of hydrogen-bond donors (Lipinski definition) is 2. The number of rotatable bonds is 15. The van der Waals surface area contributed by atoms with Gasteiger partial charge in [-0.25, -0.2) is 0 Å². The fraction of sp³-hybridized carbons (Fsp3) is 0.905. The summed E-state index contributed by atoms with van der Waals surface area (Å²) < 4.78 is 5.23. The number of carbonyl (C=O) groups is 2. The van der Waals surface area contributed by atoms with E-state index >= 15 is 0 Å². The molecular formula is C21H38O5. The Morgan fingerprint density at radius 3 is 1.88 bits per heavy atom. The van der Waals surface area contributed by atoms with E-state index in [1.54, 1.807) is 6.92 Å². The fourth-order valence-electron chi connectivity index (χ4n) is 3.79. The molecule has 0 saturated carbocycles. The molecule has 5 heteroatoms. The molecule has 2 N–H and O–H groups in total. The monoisotopic (exact) mass is 370 g/mol. The highest BCUT2D eigenvalue weighted by Crippen LogP contribution is 2.31. The summed E-state index contributed by atoms with van der Waals surface area (Å²) in [5.74, 6) is -2.49. The molecule has 4 atom stereocenters. The van der Waals surface area contributed by atoms with Crippen molar-refractivity contribution in [3.63, 3.8) is 0 Å². The summed E-state index contributed by atoms with van der Waals surface area (Å²) in [5, 5.41) is 18.4. The number of aliphatic hydroxyl groups excluding tert-OH is 1. The van der Waals surface area contributed by atoms with Gasteiger partial charge in [-0.05, 0) is 26.2 Å². The maximum Gasteiger partial charge on any atom is 0.311 e. The molecule has 1 saturated heterocycles. The highest BCUT2D eigenvalue weighted by molar-refractivity contribution is 5.84. The molecule has 152 valence electrons. The quantitative estimate of drug-likeness (QED) is 0.322. The van der Waals surface area contributed by atoms with E-state index in [9.17, 15) is 19.8 Å². The smallest absolute Gasteiger partial charge is 0.311 e. The average molecular weight is 371 g/mol. The first-order valence-corrected chi connectivity index (χ1v) is 10.5. The van der Waals surface area contributed by atoms with Crippen molar-refractivity contribution in [1.82, 2.24) is 0 Å². The molecular weight excluding hydrogens is 332 g/mol. The summed E-state index contributed by atoms with van der Waals surface area (Å²) in [6.07, 6.45) is 14.2. The Morgan fingerprint density at radius 1 is 0.962 bits per heavy atom. The maximum atomic E-state index is 11.6. The van der Waals surface area contributed by atoms with E-state index in [0.29, 0.717) is 6.42 Å². The minimum atomic E-state index is -0.917. The van der Waals surface area contributed by atoms with Gasteiger partial charge in [0.25, 0.3) is 0 Å². The molecule has 0 bridgehead atoms. The molecule has 26 heavy (non-hydrogen) atoms. The highest BCUT2D eigenvalue weighted by Gasteiger charge is 2.45. The van der Waals surface area contributed by atoms with Gasteiger partial charge in [-0.15, -0.1) is 0 Å². The minimum Gasteiger partial charge on any atom is -0.481 e. The summed E-state index contributed by atoms with van der Waals surface area (Å²) in [7, 11) is 0. The number of hydrogen-bond acceptors (Lipinski definition) is 4. The molecule has 1 aliphatic heterocycles. The van der Waals surface area contributed by atoms with Gasteiger partial charge in [-0.3, -0.25) is 9.59 Å². The van der Waals surface area contributed by atoms with Crippen molar-refractivity contribution in [1.29, 1.82) is 0 Å². The zero-order chi connectivity index (χ0) is 19.4. The van der Waals surface area contributed by atoms with Gasteiger partial charge in [-0.1, -0.05) is 71.1 Å². The van der Waals surface area contributed by atoms with E-state index in [2.05, 4.69) is 0 Å². The van der Waals surface area contributed by atoms with E-state index < -0.39 is 23.9 Å². The molecule has 0 amide bonds. The number of cyclic esters (lactones) is 1. The summed E-state index contributed by atoms with van der Waals surface area (Å²) in [6.45, 7) is 3.50. The Bertz CT molecular complexity index is 407. The lowest BCUT2D eigenvalue weighted by molar-refractivity contribution is -0.144. The number of aliphatic carboxylic acids is 1. The molecule has 0 unspecified atom stereocenters. The second kappa shape index (κ2) is 13.1. The van der Waals surface area contributed by atoms with Crippen molar-refractivity contribution in [3.8, 4) is 0 Å². The largest absolute Gasteiger partial charge is 0.481 e. The summed E-state index contributed by atoms with van der Waals surface area (Å²) in [4.78, 5) is 22.8. The second-order valence-electron chi connectivity index (χ2n) is 7.94. The standard InChI is InChI=1S/C21H38O5/c1-16(22)14-12-10-8-6-4-3-5-7-9-11-13-15-18-19(20(23)24)17(2)21(25)26-18/h16-19,22H,3-15H2,1-2H3,(H,23,24)/t16-,17+,18-,19+/m0/s1. The van der Waals surface area contributed by atoms with Crippen LogP contribution in [0.1, 0.15) is 97.3 Å². The van der Waals surface area contributed by atoms with Gasteiger partial charge in [-0.2, -0.15) is 0 Å². The van der Waals surface area contributed by atoms with Crippen LogP contribution in [0.4, 0.5) is 0 Å². The normalized spacial score (nSPS) is 23.8. The fourth-order valence-corrected chi connectivity index (χ4v) is 3.79. The third-order valence-corrected chi connectivity index (χ3v) is 5.47. The van der Waals surface area contributed by atoms with Crippen molar-refractivity contribution >= 4 is 11.9 Å². The van der Waals surface area contributed by atoms with Gasteiger partial charge in [0.1, 0.15) is 12.0 Å². The number of carbonyl (C=O) groups excluding carboxylic acids is 1. The van der Waals surface area contributed by atoms with Crippen molar-refractivity contribution in [2.45, 2.75) is 110 Å². The molecule has 0 aromatic carbocycles. The SMILES string of the molecule is C[C@H](O)CCCCCCCCCCCCC[C@@H]1OC(=O)[C@H](C)[C@H]1C(=O)O. The first kappa shape index (κ1) is 22.9. The number of aliphatic hydroxyl groups is 1. The zero-order valence-corrected chi connectivity index (χ0v) is 16.6. The van der Waals surface area contributed by atoms with Gasteiger partial charge >= 0.3 is 11.9 Å². The topological polar surface area (TPSA) is 83.8 Å². The third-order valence-electron chi connectivity index (χ3n) is 5.47. The Labute approximate surface area is 158 Å². The van der Waals surface area contributed by atoms with Crippen LogP contribution in [0.25, 0.3) is 0 Å². The summed E-state index contributed by atoms with van der Waals surface area (Å²) >= 11 is 0. The van der Waals surface area contributed by atoms with Crippen LogP contribution >= 0.6 is 0 Å². The maximum absolute atomic E-state index is 11.6. The Kier molecular flexibility index (Phi) is 11.6. The van der Waals surface area contributed by atoms with E-state index in [4.69, 9.17) is 4.74 Å². The molecule has 1 heterocycles. The van der Waals surface area contributed by atoms with Crippen LogP contribution in [0.3, 0.4) is 0 Å². The van der Waals surface area contributed by atoms with Crippen LogP contribution in [0.15, 0.2) is 0 Å². The third kappa shape index (κ3) is 9.02. The van der Waals surface area contributed by atoms with Gasteiger partial charge < -0.3 is 14.9 Å². The molecule has 0 aromatic rings. The molecule has 0 aliphatic carbocycles. The van der Waals surface area contributed by atoms with Crippen LogP contribution in [-0.4, -0.2) is 34.4 Å². The molecule has 1 fully saturated rings. The van der Waals surface area contributed by atoms with Gasteiger partial charge in [0.05, 0.1) is 12.0 Å². The predicted octanol–water partition coefficient (Wildman–Crippen LogP) is 4.70. The molecule has 0 spiro atoms. The molecule has 0 aromatic heterocycles. The van der Waals surface area contributed by atoms with Crippen LogP contribution < -0.4 is 0 Å². The minimum absolute atomic E-state index is 0.158. The Morgan fingerprint density at radius 2 is 1.42 bits per heavy atom. The molecule has 1 aliphatic rings. The first-order valence-electron chi connectivity index (χ1n) is 10.5.